The summed E-state index contributed by atoms with van der Waals surface area (Å²) in [4.78, 5) is 10.8. The van der Waals surface area contributed by atoms with Gasteiger partial charge in [-0.25, -0.2) is 0 Å². The van der Waals surface area contributed by atoms with Gasteiger partial charge in [0.05, 0.1) is 12.6 Å². The molecule has 14 heavy (non-hydrogen) atoms. The van der Waals surface area contributed by atoms with E-state index in [1.54, 1.807) is 0 Å². The van der Waals surface area contributed by atoms with Crippen molar-refractivity contribution in [3.05, 3.63) is 41.1 Å². The molecule has 1 heterocycles. The van der Waals surface area contributed by atoms with Crippen molar-refractivity contribution in [2.24, 2.45) is 0 Å². The number of hydroxylamine groups is 2. The number of cyclic esters (lactones) is 1. The lowest BCUT2D eigenvalue weighted by Gasteiger charge is -2.39. The molecule has 4 nitrogen and oxygen atoms in total. The standard InChI is InChI=1S/C10H10NO3/c12-10-6-11(13)9(7-14-10)8-4-2-1-3-5-8/h1-5,9H,6-7H2/q-1/t9-/m1/s1. The summed E-state index contributed by atoms with van der Waals surface area (Å²) in [6.45, 7) is -0.0358. The summed E-state index contributed by atoms with van der Waals surface area (Å²) < 4.78 is 4.83. The van der Waals surface area contributed by atoms with Crippen LogP contribution in [0.25, 0.3) is 0 Å². The van der Waals surface area contributed by atoms with Gasteiger partial charge in [-0.15, -0.1) is 0 Å². The number of rotatable bonds is 1. The van der Waals surface area contributed by atoms with Crippen LogP contribution in [-0.2, 0) is 9.53 Å². The third-order valence-electron chi connectivity index (χ3n) is 2.22. The van der Waals surface area contributed by atoms with Crippen molar-refractivity contribution < 1.29 is 9.53 Å². The predicted molar refractivity (Wildman–Crippen MR) is 50.2 cm³/mol. The highest BCUT2D eigenvalue weighted by Crippen LogP contribution is 2.22. The van der Waals surface area contributed by atoms with E-state index in [0.29, 0.717) is 0 Å². The highest BCUT2D eigenvalue weighted by atomic mass is 16.6. The molecular formula is C10H10NO3-. The molecule has 4 heteroatoms. The van der Waals surface area contributed by atoms with E-state index in [1.807, 2.05) is 30.3 Å². The number of hydrogen-bond acceptors (Lipinski definition) is 4. The maximum absolute atomic E-state index is 11.4. The van der Waals surface area contributed by atoms with Crippen LogP contribution in [0.5, 0.6) is 0 Å². The molecule has 1 saturated heterocycles. The van der Waals surface area contributed by atoms with Crippen molar-refractivity contribution in [1.29, 1.82) is 0 Å². The van der Waals surface area contributed by atoms with E-state index in [-0.39, 0.29) is 19.2 Å². The average molecular weight is 192 g/mol. The Labute approximate surface area is 81.7 Å². The van der Waals surface area contributed by atoms with Gasteiger partial charge in [-0.1, -0.05) is 30.3 Å². The fourth-order valence-corrected chi connectivity index (χ4v) is 1.48. The minimum atomic E-state index is -0.452. The molecule has 2 rings (SSSR count). The van der Waals surface area contributed by atoms with E-state index >= 15 is 0 Å². The Hall–Kier alpha value is -1.39. The summed E-state index contributed by atoms with van der Waals surface area (Å²) in [5.41, 5.74) is 0.884. The molecule has 0 radical (unpaired) electrons. The second kappa shape index (κ2) is 3.77. The average Bonchev–Trinajstić information content (AvgIpc) is 2.19. The third-order valence-corrected chi connectivity index (χ3v) is 2.22. The number of benzene rings is 1. The Morgan fingerprint density at radius 3 is 2.71 bits per heavy atom. The van der Waals surface area contributed by atoms with E-state index in [0.717, 1.165) is 10.6 Å². The molecule has 74 valence electrons. The Bertz CT molecular complexity index is 325. The van der Waals surface area contributed by atoms with Gasteiger partial charge in [0.15, 0.2) is 0 Å². The van der Waals surface area contributed by atoms with Crippen LogP contribution in [-0.4, -0.2) is 24.2 Å². The summed E-state index contributed by atoms with van der Waals surface area (Å²) in [6.07, 6.45) is 0. The van der Waals surface area contributed by atoms with Gasteiger partial charge in [-0.3, -0.25) is 4.79 Å². The maximum atomic E-state index is 11.4. The zero-order valence-corrected chi connectivity index (χ0v) is 7.55. The normalized spacial score (nSPS) is 23.2. The number of esters is 1. The van der Waals surface area contributed by atoms with E-state index in [1.165, 1.54) is 0 Å². The smallest absolute Gasteiger partial charge is 0.319 e. The first-order chi connectivity index (χ1) is 6.77. The molecular weight excluding hydrogens is 182 g/mol. The van der Waals surface area contributed by atoms with Crippen LogP contribution < -0.4 is 0 Å². The van der Waals surface area contributed by atoms with Crippen molar-refractivity contribution in [2.75, 3.05) is 13.2 Å². The van der Waals surface area contributed by atoms with Gasteiger partial charge in [0.2, 0.25) is 0 Å². The van der Waals surface area contributed by atoms with Crippen molar-refractivity contribution >= 4 is 5.97 Å². The molecule has 0 spiro atoms. The molecule has 0 aliphatic carbocycles. The van der Waals surface area contributed by atoms with E-state index in [2.05, 4.69) is 0 Å². The van der Waals surface area contributed by atoms with Gasteiger partial charge < -0.3 is 15.0 Å². The van der Waals surface area contributed by atoms with E-state index < -0.39 is 5.97 Å². The number of ether oxygens (including phenoxy) is 1. The first-order valence-electron chi connectivity index (χ1n) is 4.42. The van der Waals surface area contributed by atoms with Crippen LogP contribution in [0, 0.1) is 5.21 Å². The predicted octanol–water partition coefficient (Wildman–Crippen LogP) is 1.08. The van der Waals surface area contributed by atoms with Gasteiger partial charge in [-0.2, -0.15) is 0 Å². The molecule has 1 atom stereocenters. The van der Waals surface area contributed by atoms with Crippen molar-refractivity contribution in [1.82, 2.24) is 5.06 Å². The van der Waals surface area contributed by atoms with E-state index in [9.17, 15) is 10.0 Å². The fraction of sp³-hybridized carbons (Fsp3) is 0.300. The largest absolute Gasteiger partial charge is 0.784 e. The van der Waals surface area contributed by atoms with Gasteiger partial charge >= 0.3 is 5.97 Å². The summed E-state index contributed by atoms with van der Waals surface area (Å²) >= 11 is 0. The topological polar surface area (TPSA) is 52.6 Å². The quantitative estimate of drug-likeness (QED) is 0.625. The zero-order chi connectivity index (χ0) is 9.97. The van der Waals surface area contributed by atoms with Crippen LogP contribution in [0.3, 0.4) is 0 Å². The minimum Gasteiger partial charge on any atom is -0.784 e. The van der Waals surface area contributed by atoms with Crippen molar-refractivity contribution in [2.45, 2.75) is 6.04 Å². The molecule has 1 aliphatic heterocycles. The fourth-order valence-electron chi connectivity index (χ4n) is 1.48. The number of nitrogens with zero attached hydrogens (tertiary/aromatic N) is 1. The van der Waals surface area contributed by atoms with Crippen LogP contribution in [0.1, 0.15) is 11.6 Å². The van der Waals surface area contributed by atoms with Crippen LogP contribution in [0.4, 0.5) is 0 Å². The highest BCUT2D eigenvalue weighted by molar-refractivity contribution is 5.72. The minimum absolute atomic E-state index is 0.145. The summed E-state index contributed by atoms with van der Waals surface area (Å²) in [5, 5.41) is 12.2. The van der Waals surface area contributed by atoms with Crippen molar-refractivity contribution in [3.63, 3.8) is 0 Å². The first-order valence-corrected chi connectivity index (χ1v) is 4.42. The molecule has 1 aliphatic rings. The zero-order valence-electron chi connectivity index (χ0n) is 7.55. The molecule has 0 N–H and O–H groups in total. The highest BCUT2D eigenvalue weighted by Gasteiger charge is 2.22. The van der Waals surface area contributed by atoms with Gasteiger partial charge in [0.1, 0.15) is 6.61 Å². The molecule has 1 aromatic carbocycles. The second-order valence-electron chi connectivity index (χ2n) is 3.18. The number of carbonyl (C=O) groups excluding carboxylic acids is 1. The molecule has 0 aromatic heterocycles. The molecule has 0 bridgehead atoms. The molecule has 0 saturated carbocycles. The lowest BCUT2D eigenvalue weighted by molar-refractivity contribution is -0.152. The number of carbonyl (C=O) groups is 1. The van der Waals surface area contributed by atoms with Gasteiger partial charge in [-0.05, 0) is 5.56 Å². The maximum Gasteiger partial charge on any atom is 0.319 e. The number of hydrogen-bond donors (Lipinski definition) is 0. The lowest BCUT2D eigenvalue weighted by Crippen LogP contribution is -2.38. The first kappa shape index (κ1) is 9.18. The van der Waals surface area contributed by atoms with Gasteiger partial charge in [0.25, 0.3) is 0 Å². The van der Waals surface area contributed by atoms with Gasteiger partial charge in [0, 0.05) is 0 Å². The Morgan fingerprint density at radius 1 is 1.36 bits per heavy atom. The second-order valence-corrected chi connectivity index (χ2v) is 3.18. The van der Waals surface area contributed by atoms with Crippen LogP contribution in [0.2, 0.25) is 0 Å². The molecule has 0 amide bonds. The van der Waals surface area contributed by atoms with Crippen LogP contribution >= 0.6 is 0 Å². The van der Waals surface area contributed by atoms with E-state index in [4.69, 9.17) is 4.74 Å². The summed E-state index contributed by atoms with van der Waals surface area (Å²) in [5.74, 6) is -0.452. The monoisotopic (exact) mass is 192 g/mol. The molecule has 0 unspecified atom stereocenters. The number of morpholine rings is 1. The molecule has 1 fully saturated rings. The SMILES string of the molecule is O=C1CN([O-])[C@@H](c2ccccc2)CO1. The molecule has 1 aromatic rings. The lowest BCUT2D eigenvalue weighted by atomic mass is 10.1. The third kappa shape index (κ3) is 1.76. The summed E-state index contributed by atoms with van der Waals surface area (Å²) in [7, 11) is 0. The Morgan fingerprint density at radius 2 is 2.07 bits per heavy atom. The summed E-state index contributed by atoms with van der Waals surface area (Å²) in [6, 6.07) is 8.96. The Kier molecular flexibility index (Phi) is 2.47. The Balaban J connectivity index is 2.16. The van der Waals surface area contributed by atoms with Crippen molar-refractivity contribution in [3.8, 4) is 0 Å². The van der Waals surface area contributed by atoms with Crippen LogP contribution in [0.15, 0.2) is 30.3 Å².